The monoisotopic (exact) mass is 435 g/mol. The molecule has 0 bridgehead atoms. The molecule has 0 fully saturated rings. The maximum atomic E-state index is 11.6. The van der Waals surface area contributed by atoms with Crippen LogP contribution in [-0.4, -0.2) is 23.9 Å². The van der Waals surface area contributed by atoms with E-state index in [2.05, 4.69) is 11.7 Å². The molecule has 7 heteroatoms. The molecule has 0 rings (SSSR count). The molecule has 0 saturated heterocycles. The molecule has 0 aromatic rings. The van der Waals surface area contributed by atoms with Crippen molar-refractivity contribution in [1.29, 1.82) is 0 Å². The van der Waals surface area contributed by atoms with Crippen molar-refractivity contribution in [1.82, 2.24) is 0 Å². The molecule has 170 valence electrons. The second-order valence-corrected chi connectivity index (χ2v) is 8.01. The van der Waals surface area contributed by atoms with Gasteiger partial charge in [0.05, 0.1) is 0 Å². The third-order valence-electron chi connectivity index (χ3n) is 5.16. The summed E-state index contributed by atoms with van der Waals surface area (Å²) in [7, 11) is 0. The van der Waals surface area contributed by atoms with Crippen LogP contribution >= 0.6 is 0 Å². The van der Waals surface area contributed by atoms with Gasteiger partial charge in [-0.05, 0) is 19.3 Å². The van der Waals surface area contributed by atoms with Crippen molar-refractivity contribution >= 4 is 17.9 Å². The van der Waals surface area contributed by atoms with Gasteiger partial charge in [-0.1, -0.05) is 96.8 Å². The average Bonchev–Trinajstić information content (AvgIpc) is 2.68. The number of carboxylic acid groups (broad SMARTS) is 1. The molecular weight excluding hydrogens is 393 g/mol. The molecule has 0 aromatic heterocycles. The van der Waals surface area contributed by atoms with Gasteiger partial charge >= 0.3 is 41.5 Å². The van der Waals surface area contributed by atoms with Crippen LogP contribution in [0.1, 0.15) is 122 Å². The van der Waals surface area contributed by atoms with Gasteiger partial charge < -0.3 is 20.4 Å². The number of rotatable bonds is 20. The van der Waals surface area contributed by atoms with E-state index in [1.807, 2.05) is 0 Å². The molecule has 6 nitrogen and oxygen atoms in total. The number of carbonyl (C=O) groups excluding carboxylic acids is 3. The fourth-order valence-corrected chi connectivity index (χ4v) is 3.27. The Hall–Kier alpha value is -0.430. The number of ether oxygens (including phenoxy) is 1. The first kappa shape index (κ1) is 31.8. The van der Waals surface area contributed by atoms with Crippen LogP contribution in [0.4, 0.5) is 0 Å². The largest absolute Gasteiger partial charge is 1.00 e. The molecule has 0 aliphatic heterocycles. The van der Waals surface area contributed by atoms with E-state index >= 15 is 0 Å². The quantitative estimate of drug-likeness (QED) is 0.133. The van der Waals surface area contributed by atoms with Crippen LogP contribution in [0.3, 0.4) is 0 Å². The number of esters is 2. The number of carbonyl (C=O) groups is 3. The van der Waals surface area contributed by atoms with Crippen LogP contribution in [0, 0.1) is 0 Å². The first-order valence-electron chi connectivity index (χ1n) is 11.7. The summed E-state index contributed by atoms with van der Waals surface area (Å²) in [5.41, 5.74) is 5.48. The van der Waals surface area contributed by atoms with Crippen LogP contribution < -0.4 is 40.4 Å². The Bertz CT molecular complexity index is 445. The van der Waals surface area contributed by atoms with E-state index in [-0.39, 0.29) is 48.8 Å². The fraction of sp³-hybridized carbons (Fsp3) is 0.870. The minimum atomic E-state index is -1.28. The molecule has 1 atom stereocenters. The van der Waals surface area contributed by atoms with Gasteiger partial charge in [0.15, 0.2) is 0 Å². The Morgan fingerprint density at radius 3 is 1.53 bits per heavy atom. The summed E-state index contributed by atoms with van der Waals surface area (Å²) < 4.78 is 4.65. The zero-order chi connectivity index (χ0) is 21.7. The molecule has 0 aromatic carbocycles. The Morgan fingerprint density at radius 2 is 1.13 bits per heavy atom. The summed E-state index contributed by atoms with van der Waals surface area (Å²) in [4.78, 5) is 33.5. The topological polar surface area (TPSA) is 110 Å². The van der Waals surface area contributed by atoms with Crippen molar-refractivity contribution in [2.75, 3.05) is 0 Å². The number of hydrogen-bond donors (Lipinski definition) is 1. The van der Waals surface area contributed by atoms with Gasteiger partial charge in [0.2, 0.25) is 0 Å². The van der Waals surface area contributed by atoms with Crippen molar-refractivity contribution in [2.24, 2.45) is 5.73 Å². The maximum absolute atomic E-state index is 11.6. The summed E-state index contributed by atoms with van der Waals surface area (Å²) in [5.74, 6) is -2.73. The molecule has 30 heavy (non-hydrogen) atoms. The Balaban J connectivity index is 0. The summed E-state index contributed by atoms with van der Waals surface area (Å²) in [6.45, 7) is 2.25. The van der Waals surface area contributed by atoms with E-state index in [1.54, 1.807) is 0 Å². The molecule has 0 unspecified atom stereocenters. The maximum Gasteiger partial charge on any atom is 1.00 e. The SMILES string of the molecule is CCCCCCCCCCCCCCCCCC(=O)OC(=O)[C@@H](N)CCC(=O)[O-].[Na+]. The summed E-state index contributed by atoms with van der Waals surface area (Å²) in [6, 6.07) is -1.10. The fourth-order valence-electron chi connectivity index (χ4n) is 3.27. The molecule has 0 aliphatic carbocycles. The number of hydrogen-bond acceptors (Lipinski definition) is 6. The van der Waals surface area contributed by atoms with Crippen LogP contribution in [0.15, 0.2) is 0 Å². The van der Waals surface area contributed by atoms with E-state index in [0.29, 0.717) is 6.42 Å². The van der Waals surface area contributed by atoms with Crippen LogP contribution in [0.25, 0.3) is 0 Å². The smallest absolute Gasteiger partial charge is 0.550 e. The molecule has 0 heterocycles. The number of nitrogens with two attached hydrogens (primary N) is 1. The van der Waals surface area contributed by atoms with Crippen LogP contribution in [0.2, 0.25) is 0 Å². The molecule has 0 radical (unpaired) electrons. The molecule has 0 amide bonds. The Morgan fingerprint density at radius 1 is 0.733 bits per heavy atom. The van der Waals surface area contributed by atoms with Gasteiger partial charge in [-0.25, -0.2) is 4.79 Å². The first-order chi connectivity index (χ1) is 14.0. The molecule has 0 spiro atoms. The third kappa shape index (κ3) is 22.3. The summed E-state index contributed by atoms with van der Waals surface area (Å²) in [5, 5.41) is 10.3. The van der Waals surface area contributed by atoms with E-state index in [9.17, 15) is 19.5 Å². The number of carboxylic acids is 1. The van der Waals surface area contributed by atoms with E-state index < -0.39 is 23.9 Å². The van der Waals surface area contributed by atoms with E-state index in [4.69, 9.17) is 5.73 Å². The summed E-state index contributed by atoms with van der Waals surface area (Å²) >= 11 is 0. The Labute approximate surface area is 205 Å². The zero-order valence-corrected chi connectivity index (χ0v) is 21.4. The summed E-state index contributed by atoms with van der Waals surface area (Å²) in [6.07, 6.45) is 18.5. The Kier molecular flexibility index (Phi) is 24.6. The predicted molar refractivity (Wildman–Crippen MR) is 113 cm³/mol. The van der Waals surface area contributed by atoms with Gasteiger partial charge in [-0.15, -0.1) is 0 Å². The second kappa shape index (κ2) is 23.2. The minimum Gasteiger partial charge on any atom is -0.550 e. The van der Waals surface area contributed by atoms with E-state index in [0.717, 1.165) is 12.8 Å². The molecule has 0 saturated carbocycles. The average molecular weight is 436 g/mol. The van der Waals surface area contributed by atoms with Crippen molar-refractivity contribution in [3.05, 3.63) is 0 Å². The van der Waals surface area contributed by atoms with Gasteiger partial charge in [0.1, 0.15) is 6.04 Å². The van der Waals surface area contributed by atoms with Gasteiger partial charge in [-0.3, -0.25) is 4.79 Å². The predicted octanol–water partition coefficient (Wildman–Crippen LogP) is 1.18. The standard InChI is InChI=1S/C23H43NO5.Na/c1-2-3-4-5-6-7-8-9-10-11-12-13-14-15-16-17-22(27)29-23(28)20(24)18-19-21(25)26;/h20H,2-19,24H2,1H3,(H,25,26);/q;+1/p-1/t20-;/m0./s1. The molecular formula is C23H42NNaO5. The number of unbranched alkanes of at least 4 members (excludes halogenated alkanes) is 14. The van der Waals surface area contributed by atoms with Crippen LogP contribution in [-0.2, 0) is 19.1 Å². The molecule has 0 aliphatic rings. The first-order valence-corrected chi connectivity index (χ1v) is 11.7. The number of aliphatic carboxylic acids is 1. The van der Waals surface area contributed by atoms with Gasteiger partial charge in [0.25, 0.3) is 0 Å². The van der Waals surface area contributed by atoms with Crippen molar-refractivity contribution in [3.63, 3.8) is 0 Å². The van der Waals surface area contributed by atoms with Gasteiger partial charge in [-0.2, -0.15) is 0 Å². The molecule has 2 N–H and O–H groups in total. The van der Waals surface area contributed by atoms with Gasteiger partial charge in [0, 0.05) is 12.4 Å². The van der Waals surface area contributed by atoms with Crippen molar-refractivity contribution < 1.29 is 53.8 Å². The second-order valence-electron chi connectivity index (χ2n) is 8.01. The van der Waals surface area contributed by atoms with Crippen molar-refractivity contribution in [3.8, 4) is 0 Å². The van der Waals surface area contributed by atoms with Crippen LogP contribution in [0.5, 0.6) is 0 Å². The normalized spacial score (nSPS) is 11.5. The zero-order valence-electron chi connectivity index (χ0n) is 19.4. The van der Waals surface area contributed by atoms with E-state index in [1.165, 1.54) is 77.0 Å². The van der Waals surface area contributed by atoms with Crippen molar-refractivity contribution in [2.45, 2.75) is 129 Å². The minimum absolute atomic E-state index is 0. The third-order valence-corrected chi connectivity index (χ3v) is 5.16.